The molecule has 2 saturated heterocycles. The summed E-state index contributed by atoms with van der Waals surface area (Å²) in [7, 11) is 0. The number of carbonyl (C=O) groups is 2. The Labute approximate surface area is 329 Å². The number of carbonyl (C=O) groups excluding carboxylic acids is 2. The van der Waals surface area contributed by atoms with Gasteiger partial charge in [0, 0.05) is 60.2 Å². The van der Waals surface area contributed by atoms with Crippen molar-refractivity contribution in [3.63, 3.8) is 0 Å². The molecule has 4 aliphatic rings. The third-order valence-electron chi connectivity index (χ3n) is 12.1. The number of nitrogens with two attached hydrogens (primary N) is 1. The molecule has 1 unspecified atom stereocenters. The fraction of sp³-hybridized carbons (Fsp3) is 0.463. The number of likely N-dealkylation sites (tertiary alicyclic amines) is 1. The number of nitrogen functional groups attached to an aromatic ring is 1. The Kier molecular flexibility index (Phi) is 10.9. The first-order chi connectivity index (χ1) is 26.5. The van der Waals surface area contributed by atoms with E-state index in [1.807, 2.05) is 18.5 Å². The number of piperidine rings is 2. The van der Waals surface area contributed by atoms with Crippen LogP contribution in [0.2, 0.25) is 10.0 Å². The Morgan fingerprint density at radius 3 is 2.44 bits per heavy atom. The average molecular weight is 793 g/mol. The van der Waals surface area contributed by atoms with Crippen molar-refractivity contribution in [3.05, 3.63) is 92.9 Å². The Bertz CT molecular complexity index is 2100. The number of fused-ring (bicyclic) bond motifs is 1. The SMILES string of the molecule is C[C@@H](Oc1cc(-c2cnn(C3CCC(CN4CCC(c5cc6c(cc5F)CN(C5CCC(=O)NC5=O)C6)CC4)CC3)c2)cnc1N)c1c(Cl)ccc(F)c1Cl. The molecule has 4 aromatic rings. The third-order valence-corrected chi connectivity index (χ3v) is 12.8. The van der Waals surface area contributed by atoms with E-state index in [1.54, 1.807) is 25.3 Å². The van der Waals surface area contributed by atoms with Gasteiger partial charge in [-0.1, -0.05) is 29.3 Å². The van der Waals surface area contributed by atoms with Gasteiger partial charge in [-0.05, 0) is 118 Å². The number of aromatic nitrogens is 3. The summed E-state index contributed by atoms with van der Waals surface area (Å²) in [6, 6.07) is 8.14. The number of rotatable bonds is 9. The number of hydrogen-bond acceptors (Lipinski definition) is 8. The second-order valence-electron chi connectivity index (χ2n) is 15.6. The van der Waals surface area contributed by atoms with Crippen molar-refractivity contribution in [1.82, 2.24) is 29.9 Å². The van der Waals surface area contributed by atoms with Gasteiger partial charge in [-0.25, -0.2) is 13.8 Å². The Balaban J connectivity index is 0.821. The van der Waals surface area contributed by atoms with E-state index >= 15 is 4.39 Å². The molecular weight excluding hydrogens is 747 g/mol. The maximum Gasteiger partial charge on any atom is 0.243 e. The van der Waals surface area contributed by atoms with Gasteiger partial charge in [-0.2, -0.15) is 5.10 Å². The van der Waals surface area contributed by atoms with Crippen molar-refractivity contribution in [2.75, 3.05) is 25.4 Å². The lowest BCUT2D eigenvalue weighted by molar-refractivity contribution is -0.137. The topological polar surface area (TPSA) is 119 Å². The minimum absolute atomic E-state index is 0.0884. The van der Waals surface area contributed by atoms with Gasteiger partial charge >= 0.3 is 0 Å². The minimum Gasteiger partial charge on any atom is -0.482 e. The molecule has 0 spiro atoms. The van der Waals surface area contributed by atoms with Crippen LogP contribution in [0.15, 0.2) is 48.9 Å². The van der Waals surface area contributed by atoms with Gasteiger partial charge in [0.15, 0.2) is 11.6 Å². The van der Waals surface area contributed by atoms with E-state index in [1.165, 1.54) is 12.1 Å². The van der Waals surface area contributed by atoms with Crippen molar-refractivity contribution < 1.29 is 23.1 Å². The molecule has 14 heteroatoms. The predicted molar refractivity (Wildman–Crippen MR) is 207 cm³/mol. The molecule has 290 valence electrons. The number of nitrogens with one attached hydrogen (secondary N) is 1. The first-order valence-corrected chi connectivity index (χ1v) is 20.0. The number of halogens is 4. The van der Waals surface area contributed by atoms with Gasteiger partial charge in [0.2, 0.25) is 11.8 Å². The van der Waals surface area contributed by atoms with E-state index in [4.69, 9.17) is 38.8 Å². The predicted octanol–water partition coefficient (Wildman–Crippen LogP) is 7.98. The smallest absolute Gasteiger partial charge is 0.243 e. The van der Waals surface area contributed by atoms with E-state index in [9.17, 15) is 14.0 Å². The first-order valence-electron chi connectivity index (χ1n) is 19.2. The number of benzene rings is 2. The normalized spacial score (nSPS) is 23.1. The Hall–Kier alpha value is -4.10. The van der Waals surface area contributed by atoms with Crippen molar-refractivity contribution in [2.45, 2.75) is 95.5 Å². The minimum atomic E-state index is -0.673. The highest BCUT2D eigenvalue weighted by Crippen LogP contribution is 2.39. The zero-order chi connectivity index (χ0) is 38.4. The standard InChI is InChI=1S/C41H45Cl2F2N7O3/c1-23(38-32(42)6-7-33(44)39(38)43)55-36-16-26(17-47-40(36)46)29-18-48-52(22-29)30-4-2-24(3-5-30)19-50-12-10-25(11-13-50)31-14-27-20-51(21-28(27)15-34(31)45)35-8-9-37(53)49-41(35)54/h6-7,14-18,22-25,30,35H,2-5,8-13,19-21H2,1H3,(H2,46,47)(H,49,53,54)/t23-,24?,30?,35?/m1/s1. The molecule has 8 rings (SSSR count). The molecule has 1 aliphatic carbocycles. The highest BCUT2D eigenvalue weighted by atomic mass is 35.5. The lowest BCUT2D eigenvalue weighted by Gasteiger charge is -2.37. The largest absolute Gasteiger partial charge is 0.482 e. The van der Waals surface area contributed by atoms with Crippen LogP contribution in [0.4, 0.5) is 14.6 Å². The molecule has 2 aromatic heterocycles. The summed E-state index contributed by atoms with van der Waals surface area (Å²) in [5, 5.41) is 7.38. The Morgan fingerprint density at radius 2 is 1.69 bits per heavy atom. The lowest BCUT2D eigenvalue weighted by Crippen LogP contribution is -2.50. The van der Waals surface area contributed by atoms with Crippen molar-refractivity contribution in [1.29, 1.82) is 0 Å². The molecule has 10 nitrogen and oxygen atoms in total. The van der Waals surface area contributed by atoms with Crippen LogP contribution in [0.1, 0.15) is 98.6 Å². The summed E-state index contributed by atoms with van der Waals surface area (Å²) in [5.41, 5.74) is 11.0. The maximum atomic E-state index is 15.4. The van der Waals surface area contributed by atoms with Crippen LogP contribution in [-0.4, -0.2) is 62.1 Å². The van der Waals surface area contributed by atoms with Crippen LogP contribution in [-0.2, 0) is 22.7 Å². The van der Waals surface area contributed by atoms with E-state index in [-0.39, 0.29) is 40.4 Å². The number of anilines is 1. The summed E-state index contributed by atoms with van der Waals surface area (Å²) in [5.74, 6) is 0.147. The van der Waals surface area contributed by atoms with Crippen molar-refractivity contribution in [2.24, 2.45) is 5.92 Å². The number of nitrogens with zero attached hydrogens (tertiary/aromatic N) is 5. The van der Waals surface area contributed by atoms with Crippen molar-refractivity contribution in [3.8, 4) is 16.9 Å². The number of pyridine rings is 1. The molecule has 2 amide bonds. The number of amides is 2. The molecule has 3 aliphatic heterocycles. The zero-order valence-corrected chi connectivity index (χ0v) is 32.3. The molecule has 0 bridgehead atoms. The quantitative estimate of drug-likeness (QED) is 0.130. The maximum absolute atomic E-state index is 15.4. The molecule has 2 atom stereocenters. The molecule has 2 aromatic carbocycles. The molecule has 5 heterocycles. The number of hydrogen-bond donors (Lipinski definition) is 2. The molecule has 0 radical (unpaired) electrons. The lowest BCUT2D eigenvalue weighted by atomic mass is 9.84. The fourth-order valence-electron chi connectivity index (χ4n) is 8.97. The van der Waals surface area contributed by atoms with Gasteiger partial charge in [-0.3, -0.25) is 24.5 Å². The first kappa shape index (κ1) is 37.8. The van der Waals surface area contributed by atoms with E-state index in [2.05, 4.69) is 24.8 Å². The van der Waals surface area contributed by atoms with Gasteiger partial charge in [0.25, 0.3) is 0 Å². The molecule has 3 N–H and O–H groups in total. The number of imide groups is 1. The summed E-state index contributed by atoms with van der Waals surface area (Å²) in [6.45, 7) is 5.83. The van der Waals surface area contributed by atoms with Crippen LogP contribution in [0.5, 0.6) is 5.75 Å². The molecule has 3 fully saturated rings. The average Bonchev–Trinajstić information content (AvgIpc) is 3.82. The fourth-order valence-corrected chi connectivity index (χ4v) is 9.65. The van der Waals surface area contributed by atoms with E-state index < -0.39 is 11.9 Å². The number of ether oxygens (including phenoxy) is 1. The highest BCUT2D eigenvalue weighted by Gasteiger charge is 2.36. The van der Waals surface area contributed by atoms with Gasteiger partial charge < -0.3 is 15.4 Å². The summed E-state index contributed by atoms with van der Waals surface area (Å²) in [4.78, 5) is 33.0. The van der Waals surface area contributed by atoms with Gasteiger partial charge in [0.1, 0.15) is 17.7 Å². The van der Waals surface area contributed by atoms with Crippen LogP contribution in [0.3, 0.4) is 0 Å². The second-order valence-corrected chi connectivity index (χ2v) is 16.4. The second kappa shape index (κ2) is 15.8. The van der Waals surface area contributed by atoms with E-state index in [0.717, 1.165) is 86.0 Å². The Morgan fingerprint density at radius 1 is 0.945 bits per heavy atom. The van der Waals surface area contributed by atoms with Crippen LogP contribution < -0.4 is 15.8 Å². The van der Waals surface area contributed by atoms with Gasteiger partial charge in [-0.15, -0.1) is 0 Å². The van der Waals surface area contributed by atoms with Crippen molar-refractivity contribution >= 4 is 40.8 Å². The van der Waals surface area contributed by atoms with E-state index in [0.29, 0.717) is 54.2 Å². The molecule has 1 saturated carbocycles. The zero-order valence-electron chi connectivity index (χ0n) is 30.7. The van der Waals surface area contributed by atoms with Crippen LogP contribution >= 0.6 is 23.2 Å². The monoisotopic (exact) mass is 791 g/mol. The van der Waals surface area contributed by atoms with Gasteiger partial charge in [0.05, 0.1) is 23.3 Å². The molecule has 55 heavy (non-hydrogen) atoms. The highest BCUT2D eigenvalue weighted by molar-refractivity contribution is 6.36. The summed E-state index contributed by atoms with van der Waals surface area (Å²) in [6.07, 6.45) is 11.9. The summed E-state index contributed by atoms with van der Waals surface area (Å²) >= 11 is 12.5. The molecular formula is C41H45Cl2F2N7O3. The summed E-state index contributed by atoms with van der Waals surface area (Å²) < 4.78 is 37.8. The third kappa shape index (κ3) is 7.96. The van der Waals surface area contributed by atoms with Crippen LogP contribution in [0.25, 0.3) is 11.1 Å². The van der Waals surface area contributed by atoms with Crippen LogP contribution in [0, 0.1) is 17.6 Å².